The van der Waals surface area contributed by atoms with Crippen molar-refractivity contribution in [1.82, 2.24) is 9.38 Å². The minimum Gasteiger partial charge on any atom is -0.497 e. The van der Waals surface area contributed by atoms with Crippen molar-refractivity contribution in [3.05, 3.63) is 53.5 Å². The molecule has 0 saturated carbocycles. The topological polar surface area (TPSA) is 64.9 Å². The van der Waals surface area contributed by atoms with E-state index in [-0.39, 0.29) is 11.8 Å². The van der Waals surface area contributed by atoms with E-state index in [4.69, 9.17) is 14.5 Å². The Morgan fingerprint density at radius 1 is 1.22 bits per heavy atom. The molecule has 1 aliphatic carbocycles. The molecule has 0 aliphatic heterocycles. The quantitative estimate of drug-likeness (QED) is 0.770. The lowest BCUT2D eigenvalue weighted by atomic mass is 9.89. The molecule has 0 fully saturated rings. The molecule has 140 valence electrons. The minimum absolute atomic E-state index is 0.00572. The van der Waals surface area contributed by atoms with Crippen LogP contribution in [0.15, 0.2) is 36.5 Å². The summed E-state index contributed by atoms with van der Waals surface area (Å²) in [6.07, 6.45) is 4.33. The van der Waals surface area contributed by atoms with Gasteiger partial charge in [-0.3, -0.25) is 4.79 Å². The van der Waals surface area contributed by atoms with Crippen molar-refractivity contribution in [3.63, 3.8) is 0 Å². The lowest BCUT2D eigenvalue weighted by molar-refractivity contribution is -0.120. The predicted molar refractivity (Wildman–Crippen MR) is 104 cm³/mol. The summed E-state index contributed by atoms with van der Waals surface area (Å²) < 4.78 is 12.7. The third-order valence-electron chi connectivity index (χ3n) is 5.17. The Kier molecular flexibility index (Phi) is 4.48. The van der Waals surface area contributed by atoms with Gasteiger partial charge in [0.05, 0.1) is 25.6 Å². The van der Waals surface area contributed by atoms with E-state index in [2.05, 4.69) is 28.8 Å². The van der Waals surface area contributed by atoms with Gasteiger partial charge < -0.3 is 19.2 Å². The summed E-state index contributed by atoms with van der Waals surface area (Å²) in [7, 11) is 3.18. The summed E-state index contributed by atoms with van der Waals surface area (Å²) >= 11 is 0. The molecule has 6 heteroatoms. The van der Waals surface area contributed by atoms with Gasteiger partial charge in [0.25, 0.3) is 0 Å². The summed E-state index contributed by atoms with van der Waals surface area (Å²) in [5.74, 6) is 1.19. The van der Waals surface area contributed by atoms with Gasteiger partial charge in [0.1, 0.15) is 17.1 Å². The van der Waals surface area contributed by atoms with Crippen molar-refractivity contribution in [3.8, 4) is 11.5 Å². The summed E-state index contributed by atoms with van der Waals surface area (Å²) in [6, 6.07) is 9.53. The van der Waals surface area contributed by atoms with E-state index in [0.717, 1.165) is 29.9 Å². The van der Waals surface area contributed by atoms with Crippen LogP contribution in [0, 0.1) is 12.8 Å². The number of anilines is 1. The molecule has 1 aromatic carbocycles. The molecule has 1 amide bonds. The predicted octanol–water partition coefficient (Wildman–Crippen LogP) is 3.40. The number of aromatic nitrogens is 2. The van der Waals surface area contributed by atoms with Crippen LogP contribution in [0.1, 0.15) is 23.4 Å². The Balaban J connectivity index is 1.55. The van der Waals surface area contributed by atoms with E-state index in [1.807, 2.05) is 12.3 Å². The number of ether oxygens (including phenoxy) is 2. The van der Waals surface area contributed by atoms with Crippen LogP contribution < -0.4 is 14.8 Å². The van der Waals surface area contributed by atoms with Crippen LogP contribution in [0.3, 0.4) is 0 Å². The van der Waals surface area contributed by atoms with Crippen LogP contribution in [0.25, 0.3) is 5.65 Å². The second-order valence-electron chi connectivity index (χ2n) is 6.93. The highest BCUT2D eigenvalue weighted by atomic mass is 16.5. The number of benzene rings is 1. The highest BCUT2D eigenvalue weighted by Crippen LogP contribution is 2.31. The number of methoxy groups -OCH3 is 2. The SMILES string of the molecule is COc1ccc(NC(=O)C2CCc3nc4cc(C)ccn4c3C2)c(OC)c1. The first kappa shape index (κ1) is 17.4. The van der Waals surface area contributed by atoms with E-state index in [1.54, 1.807) is 26.4 Å². The number of hydrogen-bond donors (Lipinski definition) is 1. The van der Waals surface area contributed by atoms with E-state index < -0.39 is 0 Å². The van der Waals surface area contributed by atoms with Gasteiger partial charge in [0.2, 0.25) is 5.91 Å². The van der Waals surface area contributed by atoms with Crippen LogP contribution in [-0.2, 0) is 17.6 Å². The number of nitrogens with one attached hydrogen (secondary N) is 1. The molecule has 0 spiro atoms. The smallest absolute Gasteiger partial charge is 0.227 e. The first-order chi connectivity index (χ1) is 13.1. The third-order valence-corrected chi connectivity index (χ3v) is 5.17. The largest absolute Gasteiger partial charge is 0.497 e. The minimum atomic E-state index is -0.0921. The van der Waals surface area contributed by atoms with Crippen molar-refractivity contribution in [1.29, 1.82) is 0 Å². The van der Waals surface area contributed by atoms with Gasteiger partial charge in [-0.2, -0.15) is 0 Å². The monoisotopic (exact) mass is 365 g/mol. The molecular formula is C21H23N3O3. The Morgan fingerprint density at radius 3 is 2.85 bits per heavy atom. The number of aryl methyl sites for hydroxylation is 2. The summed E-state index contributed by atoms with van der Waals surface area (Å²) in [5.41, 5.74) is 5.04. The van der Waals surface area contributed by atoms with E-state index >= 15 is 0 Å². The van der Waals surface area contributed by atoms with Crippen LogP contribution >= 0.6 is 0 Å². The molecule has 1 N–H and O–H groups in total. The lowest BCUT2D eigenvalue weighted by Gasteiger charge is -2.22. The van der Waals surface area contributed by atoms with Crippen molar-refractivity contribution >= 4 is 17.2 Å². The number of amides is 1. The normalized spacial score (nSPS) is 16.0. The van der Waals surface area contributed by atoms with Crippen LogP contribution in [0.5, 0.6) is 11.5 Å². The molecule has 6 nitrogen and oxygen atoms in total. The Labute approximate surface area is 158 Å². The van der Waals surface area contributed by atoms with Crippen LogP contribution in [0.4, 0.5) is 5.69 Å². The van der Waals surface area contributed by atoms with E-state index in [0.29, 0.717) is 23.6 Å². The van der Waals surface area contributed by atoms with E-state index in [9.17, 15) is 4.79 Å². The van der Waals surface area contributed by atoms with Gasteiger partial charge in [0, 0.05) is 30.3 Å². The summed E-state index contributed by atoms with van der Waals surface area (Å²) in [4.78, 5) is 17.6. The maximum absolute atomic E-state index is 12.9. The van der Waals surface area contributed by atoms with Crippen LogP contribution in [0.2, 0.25) is 0 Å². The highest BCUT2D eigenvalue weighted by molar-refractivity contribution is 5.94. The standard InChI is InChI=1S/C21H23N3O3/c1-13-8-9-24-18-11-14(4-6-16(18)22-20(24)10-13)21(25)23-17-7-5-15(26-2)12-19(17)27-3/h5,7-10,12,14H,4,6,11H2,1-3H3,(H,23,25). The summed E-state index contributed by atoms with van der Waals surface area (Å²) in [6.45, 7) is 2.06. The molecule has 1 atom stereocenters. The third kappa shape index (κ3) is 3.23. The zero-order valence-corrected chi connectivity index (χ0v) is 15.8. The second-order valence-corrected chi connectivity index (χ2v) is 6.93. The number of carbonyl (C=O) groups is 1. The van der Waals surface area contributed by atoms with Crippen molar-refractivity contribution in [2.75, 3.05) is 19.5 Å². The van der Waals surface area contributed by atoms with Gasteiger partial charge in [-0.05, 0) is 49.6 Å². The van der Waals surface area contributed by atoms with Gasteiger partial charge in [-0.1, -0.05) is 0 Å². The first-order valence-electron chi connectivity index (χ1n) is 9.08. The van der Waals surface area contributed by atoms with Gasteiger partial charge in [-0.15, -0.1) is 0 Å². The Morgan fingerprint density at radius 2 is 2.07 bits per heavy atom. The molecule has 1 aliphatic rings. The molecule has 27 heavy (non-hydrogen) atoms. The lowest BCUT2D eigenvalue weighted by Crippen LogP contribution is -2.28. The van der Waals surface area contributed by atoms with Crippen molar-refractivity contribution in [2.24, 2.45) is 5.92 Å². The molecule has 0 bridgehead atoms. The fraction of sp³-hybridized carbons (Fsp3) is 0.333. The maximum Gasteiger partial charge on any atom is 0.227 e. The number of carbonyl (C=O) groups excluding carboxylic acids is 1. The molecule has 1 unspecified atom stereocenters. The van der Waals surface area contributed by atoms with Crippen LogP contribution in [-0.4, -0.2) is 29.5 Å². The number of pyridine rings is 1. The fourth-order valence-electron chi connectivity index (χ4n) is 3.67. The van der Waals surface area contributed by atoms with Gasteiger partial charge in [-0.25, -0.2) is 4.98 Å². The molecule has 0 radical (unpaired) electrons. The molecule has 3 aromatic rings. The number of imidazole rings is 1. The molecule has 0 saturated heterocycles. The Hall–Kier alpha value is -3.02. The summed E-state index contributed by atoms with van der Waals surface area (Å²) in [5, 5.41) is 3.01. The second kappa shape index (κ2) is 6.95. The number of nitrogens with zero attached hydrogens (tertiary/aromatic N) is 2. The number of hydrogen-bond acceptors (Lipinski definition) is 4. The zero-order valence-electron chi connectivity index (χ0n) is 15.8. The highest BCUT2D eigenvalue weighted by Gasteiger charge is 2.28. The molecule has 2 heterocycles. The molecule has 4 rings (SSSR count). The maximum atomic E-state index is 12.9. The van der Waals surface area contributed by atoms with Gasteiger partial charge >= 0.3 is 0 Å². The fourth-order valence-corrected chi connectivity index (χ4v) is 3.67. The average Bonchev–Trinajstić information content (AvgIpc) is 3.04. The van der Waals surface area contributed by atoms with E-state index in [1.165, 1.54) is 5.56 Å². The van der Waals surface area contributed by atoms with Crippen molar-refractivity contribution < 1.29 is 14.3 Å². The number of fused-ring (bicyclic) bond motifs is 3. The molecular weight excluding hydrogens is 342 g/mol. The average molecular weight is 365 g/mol. The first-order valence-corrected chi connectivity index (χ1v) is 9.08. The van der Waals surface area contributed by atoms with Crippen molar-refractivity contribution in [2.45, 2.75) is 26.2 Å². The van der Waals surface area contributed by atoms with Gasteiger partial charge in [0.15, 0.2) is 0 Å². The molecule has 2 aromatic heterocycles. The number of rotatable bonds is 4. The Bertz CT molecular complexity index is 1010. The zero-order chi connectivity index (χ0) is 19.0.